The van der Waals surface area contributed by atoms with E-state index in [2.05, 4.69) is 150 Å². The van der Waals surface area contributed by atoms with Gasteiger partial charge in [0.25, 0.3) is 0 Å². The zero-order valence-corrected chi connectivity index (χ0v) is 29.8. The largest absolute Gasteiger partial charge is 0.309 e. The molecule has 252 valence electrons. The molecule has 0 N–H and O–H groups in total. The highest BCUT2D eigenvalue weighted by Gasteiger charge is 2.20. The molecular formula is C49H30N4S. The van der Waals surface area contributed by atoms with E-state index >= 15 is 0 Å². The molecule has 3 heterocycles. The van der Waals surface area contributed by atoms with Crippen molar-refractivity contribution in [3.05, 3.63) is 182 Å². The van der Waals surface area contributed by atoms with Crippen molar-refractivity contribution in [3.63, 3.8) is 0 Å². The summed E-state index contributed by atoms with van der Waals surface area (Å²) in [5, 5.41) is 7.39. The fourth-order valence-electron chi connectivity index (χ4n) is 7.98. The Hall–Kier alpha value is -6.95. The maximum Gasteiger partial charge on any atom is 0.165 e. The lowest BCUT2D eigenvalue weighted by atomic mass is 9.95. The van der Waals surface area contributed by atoms with Crippen LogP contribution < -0.4 is 0 Å². The summed E-state index contributed by atoms with van der Waals surface area (Å²) in [5.41, 5.74) is 8.94. The normalized spacial score (nSPS) is 11.7. The number of fused-ring (bicyclic) bond motifs is 8. The number of hydrogen-bond donors (Lipinski definition) is 0. The highest BCUT2D eigenvalue weighted by Crippen LogP contribution is 2.44. The van der Waals surface area contributed by atoms with E-state index in [4.69, 9.17) is 15.0 Å². The lowest BCUT2D eigenvalue weighted by Gasteiger charge is -2.13. The third kappa shape index (κ3) is 4.86. The Labute approximate surface area is 315 Å². The van der Waals surface area contributed by atoms with Gasteiger partial charge in [-0.3, -0.25) is 0 Å². The monoisotopic (exact) mass is 706 g/mol. The van der Waals surface area contributed by atoms with Crippen LogP contribution in [0, 0.1) is 0 Å². The highest BCUT2D eigenvalue weighted by molar-refractivity contribution is 7.26. The number of aromatic nitrogens is 4. The summed E-state index contributed by atoms with van der Waals surface area (Å²) in [6.45, 7) is 0. The Morgan fingerprint density at radius 3 is 1.65 bits per heavy atom. The van der Waals surface area contributed by atoms with Crippen molar-refractivity contribution >= 4 is 64.1 Å². The molecular weight excluding hydrogens is 677 g/mol. The topological polar surface area (TPSA) is 43.6 Å². The number of benzene rings is 8. The predicted molar refractivity (Wildman–Crippen MR) is 226 cm³/mol. The van der Waals surface area contributed by atoms with Gasteiger partial charge in [-0.15, -0.1) is 11.3 Å². The van der Waals surface area contributed by atoms with Gasteiger partial charge >= 0.3 is 0 Å². The Morgan fingerprint density at radius 1 is 0.370 bits per heavy atom. The van der Waals surface area contributed by atoms with Gasteiger partial charge in [0.1, 0.15) is 0 Å². The molecule has 3 aromatic heterocycles. The Balaban J connectivity index is 1.13. The van der Waals surface area contributed by atoms with Crippen molar-refractivity contribution in [1.29, 1.82) is 0 Å². The second kappa shape index (κ2) is 12.3. The lowest BCUT2D eigenvalue weighted by Crippen LogP contribution is -2.00. The van der Waals surface area contributed by atoms with Crippen LogP contribution in [0.25, 0.3) is 104 Å². The smallest absolute Gasteiger partial charge is 0.165 e. The summed E-state index contributed by atoms with van der Waals surface area (Å²) in [4.78, 5) is 15.1. The summed E-state index contributed by atoms with van der Waals surface area (Å²) < 4.78 is 4.83. The first kappa shape index (κ1) is 30.7. The number of hydrogen-bond acceptors (Lipinski definition) is 4. The quantitative estimate of drug-likeness (QED) is 0.179. The number of para-hydroxylation sites is 1. The van der Waals surface area contributed by atoms with Crippen molar-refractivity contribution in [2.75, 3.05) is 0 Å². The van der Waals surface area contributed by atoms with E-state index in [1.807, 2.05) is 36.4 Å². The molecule has 8 aromatic carbocycles. The van der Waals surface area contributed by atoms with Crippen LogP contribution in [0.2, 0.25) is 0 Å². The maximum atomic E-state index is 5.08. The van der Waals surface area contributed by atoms with Crippen LogP contribution in [0.1, 0.15) is 0 Å². The molecule has 0 saturated heterocycles. The minimum Gasteiger partial charge on any atom is -0.309 e. The van der Waals surface area contributed by atoms with Crippen LogP contribution in [-0.4, -0.2) is 19.5 Å². The Morgan fingerprint density at radius 2 is 0.944 bits per heavy atom. The third-order valence-corrected chi connectivity index (χ3v) is 11.6. The summed E-state index contributed by atoms with van der Waals surface area (Å²) in [7, 11) is 0. The second-order valence-corrected chi connectivity index (χ2v) is 14.6. The van der Waals surface area contributed by atoms with Crippen LogP contribution in [0.5, 0.6) is 0 Å². The van der Waals surface area contributed by atoms with E-state index in [-0.39, 0.29) is 0 Å². The van der Waals surface area contributed by atoms with Crippen molar-refractivity contribution in [2.24, 2.45) is 0 Å². The molecule has 0 aliphatic rings. The van der Waals surface area contributed by atoms with Crippen molar-refractivity contribution in [2.45, 2.75) is 0 Å². The molecule has 0 aliphatic heterocycles. The summed E-state index contributed by atoms with van der Waals surface area (Å²) in [6, 6.07) is 64.4. The molecule has 0 saturated carbocycles. The molecule has 4 nitrogen and oxygen atoms in total. The zero-order valence-electron chi connectivity index (χ0n) is 29.0. The zero-order chi connectivity index (χ0) is 35.6. The van der Waals surface area contributed by atoms with Crippen molar-refractivity contribution in [3.8, 4) is 51.0 Å². The maximum absolute atomic E-state index is 5.08. The van der Waals surface area contributed by atoms with E-state index in [0.717, 1.165) is 27.1 Å². The van der Waals surface area contributed by atoms with Crippen LogP contribution >= 0.6 is 11.3 Å². The number of thiophene rings is 1. The van der Waals surface area contributed by atoms with Gasteiger partial charge < -0.3 is 4.57 Å². The van der Waals surface area contributed by atoms with Gasteiger partial charge in [-0.2, -0.15) is 0 Å². The second-order valence-electron chi connectivity index (χ2n) is 13.6. The first-order valence-corrected chi connectivity index (χ1v) is 18.9. The molecule has 0 amide bonds. The fraction of sp³-hybridized carbons (Fsp3) is 0. The lowest BCUT2D eigenvalue weighted by molar-refractivity contribution is 1.08. The van der Waals surface area contributed by atoms with Crippen LogP contribution in [-0.2, 0) is 0 Å². The van der Waals surface area contributed by atoms with Crippen molar-refractivity contribution in [1.82, 2.24) is 19.5 Å². The van der Waals surface area contributed by atoms with Crippen LogP contribution in [0.3, 0.4) is 0 Å². The SMILES string of the molecule is c1ccc(-c2nc(-c3ccccc3)nc(-c3cccc4c3sc3cc(-n5c6ccccc6c6cc(-c7ccccc7)c7ccccc7c65)ccc34)n2)cc1. The fourth-order valence-corrected chi connectivity index (χ4v) is 9.22. The molecule has 11 rings (SSSR count). The van der Waals surface area contributed by atoms with Crippen LogP contribution in [0.15, 0.2) is 182 Å². The summed E-state index contributed by atoms with van der Waals surface area (Å²) in [6.07, 6.45) is 0. The number of nitrogens with zero attached hydrogens (tertiary/aromatic N) is 4. The van der Waals surface area contributed by atoms with Gasteiger partial charge in [-0.05, 0) is 46.8 Å². The van der Waals surface area contributed by atoms with Gasteiger partial charge in [0.2, 0.25) is 0 Å². The summed E-state index contributed by atoms with van der Waals surface area (Å²) >= 11 is 1.80. The molecule has 0 atom stereocenters. The van der Waals surface area contributed by atoms with Gasteiger partial charge in [0, 0.05) is 58.7 Å². The first-order valence-electron chi connectivity index (χ1n) is 18.1. The van der Waals surface area contributed by atoms with Crippen molar-refractivity contribution < 1.29 is 0 Å². The molecule has 11 aromatic rings. The van der Waals surface area contributed by atoms with E-state index in [9.17, 15) is 0 Å². The molecule has 0 fully saturated rings. The van der Waals surface area contributed by atoms with E-state index < -0.39 is 0 Å². The van der Waals surface area contributed by atoms with E-state index in [1.165, 1.54) is 59.2 Å². The first-order chi connectivity index (χ1) is 26.8. The predicted octanol–water partition coefficient (Wildman–Crippen LogP) is 13.2. The van der Waals surface area contributed by atoms with Gasteiger partial charge in [-0.1, -0.05) is 152 Å². The molecule has 5 heteroatoms. The van der Waals surface area contributed by atoms with E-state index in [0.29, 0.717) is 17.5 Å². The van der Waals surface area contributed by atoms with Gasteiger partial charge in [0.05, 0.1) is 11.0 Å². The molecule has 0 radical (unpaired) electrons. The standard InChI is InChI=1S/C49H30N4S/c1-4-15-31(16-5-1)41-30-42-36-22-12-13-26-43(36)53(45(42)38-23-11-10-21-35(38)41)34-27-28-37-39-24-14-25-40(46(39)54-44(37)29-34)49-51-47(32-17-6-2-7-18-32)50-48(52-49)33-19-8-3-9-20-33/h1-30H. The summed E-state index contributed by atoms with van der Waals surface area (Å²) in [5.74, 6) is 1.99. The molecule has 0 unspecified atom stereocenters. The van der Waals surface area contributed by atoms with E-state index in [1.54, 1.807) is 11.3 Å². The molecule has 0 spiro atoms. The average Bonchev–Trinajstić information content (AvgIpc) is 3.80. The molecule has 0 aliphatic carbocycles. The minimum atomic E-state index is 0.661. The Bertz CT molecular complexity index is 3140. The van der Waals surface area contributed by atoms with Gasteiger partial charge in [0.15, 0.2) is 17.5 Å². The van der Waals surface area contributed by atoms with Gasteiger partial charge in [-0.25, -0.2) is 15.0 Å². The Kier molecular flexibility index (Phi) is 7.00. The average molecular weight is 707 g/mol. The third-order valence-electron chi connectivity index (χ3n) is 10.4. The molecule has 0 bridgehead atoms. The highest BCUT2D eigenvalue weighted by atomic mass is 32.1. The number of rotatable bonds is 5. The van der Waals surface area contributed by atoms with Crippen LogP contribution in [0.4, 0.5) is 0 Å². The minimum absolute atomic E-state index is 0.661. The molecule has 54 heavy (non-hydrogen) atoms.